The number of anilines is 1. The molecule has 0 bridgehead atoms. The molecule has 126 valence electrons. The lowest BCUT2D eigenvalue weighted by molar-refractivity contribution is 0.457. The van der Waals surface area contributed by atoms with Crippen LogP contribution in [0.5, 0.6) is 5.88 Å². The molecule has 4 nitrogen and oxygen atoms in total. The second kappa shape index (κ2) is 6.61. The van der Waals surface area contributed by atoms with E-state index in [9.17, 15) is 5.11 Å². The molecule has 1 aromatic heterocycles. The molecule has 0 spiro atoms. The Hall–Kier alpha value is -2.18. The van der Waals surface area contributed by atoms with E-state index in [0.29, 0.717) is 5.13 Å². The van der Waals surface area contributed by atoms with Crippen molar-refractivity contribution in [3.05, 3.63) is 75.1 Å². The van der Waals surface area contributed by atoms with E-state index in [4.69, 9.17) is 5.10 Å². The zero-order valence-electron chi connectivity index (χ0n) is 13.6. The van der Waals surface area contributed by atoms with Crippen LogP contribution in [0.2, 0.25) is 0 Å². The highest BCUT2D eigenvalue weighted by Crippen LogP contribution is 2.39. The largest absolute Gasteiger partial charge is 0.493 e. The number of hydrogen-bond acceptors (Lipinski definition) is 5. The summed E-state index contributed by atoms with van der Waals surface area (Å²) in [5.74, 6) is 0.0357. The number of aromatic nitrogens is 1. The SMILES string of the molecule is Cc1ccc(C2=NN(c3nc(O)cs3)C(c3ccc(Br)cc3)C2)cc1. The topological polar surface area (TPSA) is 48.7 Å². The van der Waals surface area contributed by atoms with Crippen molar-refractivity contribution in [2.24, 2.45) is 5.10 Å². The van der Waals surface area contributed by atoms with Crippen molar-refractivity contribution in [1.82, 2.24) is 4.98 Å². The summed E-state index contributed by atoms with van der Waals surface area (Å²) in [5, 5.41) is 18.7. The molecule has 1 unspecified atom stereocenters. The van der Waals surface area contributed by atoms with E-state index in [1.807, 2.05) is 17.1 Å². The van der Waals surface area contributed by atoms with E-state index in [1.165, 1.54) is 22.5 Å². The fraction of sp³-hybridized carbons (Fsp3) is 0.158. The molecule has 0 fully saturated rings. The Bertz CT molecular complexity index is 919. The standard InChI is InChI=1S/C19H16BrN3OS/c1-12-2-4-13(5-3-12)16-10-17(14-6-8-15(20)9-7-14)23(22-16)19-21-18(24)11-25-19/h2-9,11,17,24H,10H2,1H3. The molecule has 0 aliphatic carbocycles. The van der Waals surface area contributed by atoms with Crippen molar-refractivity contribution in [1.29, 1.82) is 0 Å². The van der Waals surface area contributed by atoms with Gasteiger partial charge in [0.1, 0.15) is 0 Å². The molecule has 1 aliphatic rings. The second-order valence-electron chi connectivity index (χ2n) is 6.02. The lowest BCUT2D eigenvalue weighted by Crippen LogP contribution is -2.18. The van der Waals surface area contributed by atoms with Crippen molar-refractivity contribution < 1.29 is 5.11 Å². The maximum Gasteiger partial charge on any atom is 0.223 e. The summed E-state index contributed by atoms with van der Waals surface area (Å²) < 4.78 is 1.05. The molecule has 1 atom stereocenters. The first kappa shape index (κ1) is 16.3. The van der Waals surface area contributed by atoms with Crippen molar-refractivity contribution >= 4 is 38.1 Å². The second-order valence-corrected chi connectivity index (χ2v) is 7.77. The average molecular weight is 414 g/mol. The summed E-state index contributed by atoms with van der Waals surface area (Å²) in [6.45, 7) is 2.08. The first-order valence-corrected chi connectivity index (χ1v) is 9.61. The minimum atomic E-state index is 0.0357. The molecule has 0 saturated carbocycles. The first-order chi connectivity index (χ1) is 12.1. The molecule has 4 rings (SSSR count). The van der Waals surface area contributed by atoms with Crippen LogP contribution in [0.4, 0.5) is 5.13 Å². The van der Waals surface area contributed by atoms with Gasteiger partial charge in [0.05, 0.1) is 17.1 Å². The Morgan fingerprint density at radius 3 is 2.48 bits per heavy atom. The fourth-order valence-electron chi connectivity index (χ4n) is 2.91. The van der Waals surface area contributed by atoms with Crippen LogP contribution in [0.1, 0.15) is 29.2 Å². The molecule has 3 aromatic rings. The zero-order chi connectivity index (χ0) is 17.4. The van der Waals surface area contributed by atoms with Crippen LogP contribution in [0.15, 0.2) is 63.5 Å². The highest BCUT2D eigenvalue weighted by molar-refractivity contribution is 9.10. The van der Waals surface area contributed by atoms with E-state index < -0.39 is 0 Å². The monoisotopic (exact) mass is 413 g/mol. The Balaban J connectivity index is 1.73. The predicted octanol–water partition coefficient (Wildman–Crippen LogP) is 5.28. The summed E-state index contributed by atoms with van der Waals surface area (Å²) in [4.78, 5) is 4.21. The van der Waals surface area contributed by atoms with E-state index in [1.54, 1.807) is 5.38 Å². The van der Waals surface area contributed by atoms with Gasteiger partial charge in [-0.1, -0.05) is 69.2 Å². The number of hydrazone groups is 1. The zero-order valence-corrected chi connectivity index (χ0v) is 16.0. The Labute approximate surface area is 158 Å². The molecule has 1 aliphatic heterocycles. The van der Waals surface area contributed by atoms with Crippen LogP contribution < -0.4 is 5.01 Å². The summed E-state index contributed by atoms with van der Waals surface area (Å²) in [5.41, 5.74) is 4.55. The number of benzene rings is 2. The van der Waals surface area contributed by atoms with Crippen LogP contribution in [-0.4, -0.2) is 15.8 Å². The van der Waals surface area contributed by atoms with Gasteiger partial charge in [-0.2, -0.15) is 10.1 Å². The fourth-order valence-corrected chi connectivity index (χ4v) is 3.86. The summed E-state index contributed by atoms with van der Waals surface area (Å²) in [6, 6.07) is 16.8. The van der Waals surface area contributed by atoms with Crippen LogP contribution in [0.3, 0.4) is 0 Å². The molecule has 1 N–H and O–H groups in total. The maximum atomic E-state index is 9.64. The van der Waals surface area contributed by atoms with Crippen LogP contribution in [0.25, 0.3) is 0 Å². The number of aryl methyl sites for hydroxylation is 1. The lowest BCUT2D eigenvalue weighted by Gasteiger charge is -2.21. The molecule has 0 radical (unpaired) electrons. The van der Waals surface area contributed by atoms with Crippen molar-refractivity contribution in [3.8, 4) is 5.88 Å². The van der Waals surface area contributed by atoms with Gasteiger partial charge >= 0.3 is 0 Å². The van der Waals surface area contributed by atoms with E-state index in [2.05, 4.69) is 64.2 Å². The van der Waals surface area contributed by atoms with Crippen molar-refractivity contribution in [2.45, 2.75) is 19.4 Å². The van der Waals surface area contributed by atoms with Gasteiger partial charge in [0.15, 0.2) is 0 Å². The van der Waals surface area contributed by atoms with Crippen LogP contribution in [0, 0.1) is 6.92 Å². The molecular weight excluding hydrogens is 398 g/mol. The average Bonchev–Trinajstić information content (AvgIpc) is 3.23. The van der Waals surface area contributed by atoms with E-state index in [0.717, 1.165) is 22.2 Å². The lowest BCUT2D eigenvalue weighted by atomic mass is 9.98. The van der Waals surface area contributed by atoms with Crippen LogP contribution in [-0.2, 0) is 0 Å². The molecule has 0 saturated heterocycles. The van der Waals surface area contributed by atoms with Gasteiger partial charge < -0.3 is 5.11 Å². The quantitative estimate of drug-likeness (QED) is 0.635. The molecule has 6 heteroatoms. The van der Waals surface area contributed by atoms with E-state index in [-0.39, 0.29) is 11.9 Å². The Kier molecular flexibility index (Phi) is 4.31. The van der Waals surface area contributed by atoms with Crippen molar-refractivity contribution in [2.75, 3.05) is 5.01 Å². The molecule has 2 aromatic carbocycles. The third kappa shape index (κ3) is 3.32. The number of hydrogen-bond donors (Lipinski definition) is 1. The summed E-state index contributed by atoms with van der Waals surface area (Å²) >= 11 is 4.88. The first-order valence-electron chi connectivity index (χ1n) is 7.94. The number of thiazole rings is 1. The van der Waals surface area contributed by atoms with Crippen molar-refractivity contribution in [3.63, 3.8) is 0 Å². The van der Waals surface area contributed by atoms with Crippen LogP contribution >= 0.6 is 27.3 Å². The Morgan fingerprint density at radius 2 is 1.84 bits per heavy atom. The molecule has 25 heavy (non-hydrogen) atoms. The molecule has 0 amide bonds. The predicted molar refractivity (Wildman–Crippen MR) is 105 cm³/mol. The highest BCUT2D eigenvalue weighted by atomic mass is 79.9. The summed E-state index contributed by atoms with van der Waals surface area (Å²) in [7, 11) is 0. The highest BCUT2D eigenvalue weighted by Gasteiger charge is 2.31. The smallest absolute Gasteiger partial charge is 0.223 e. The van der Waals surface area contributed by atoms with Gasteiger partial charge in [-0.15, -0.1) is 0 Å². The summed E-state index contributed by atoms with van der Waals surface area (Å²) in [6.07, 6.45) is 0.797. The normalized spacial score (nSPS) is 17.0. The number of halogens is 1. The number of aromatic hydroxyl groups is 1. The third-order valence-electron chi connectivity index (χ3n) is 4.23. The van der Waals surface area contributed by atoms with Gasteiger partial charge in [0, 0.05) is 10.9 Å². The number of nitrogens with zero attached hydrogens (tertiary/aromatic N) is 3. The minimum Gasteiger partial charge on any atom is -0.493 e. The van der Waals surface area contributed by atoms with E-state index >= 15 is 0 Å². The van der Waals surface area contributed by atoms with Gasteiger partial charge in [-0.05, 0) is 30.2 Å². The van der Waals surface area contributed by atoms with Gasteiger partial charge in [0.2, 0.25) is 11.0 Å². The number of rotatable bonds is 3. The molecule has 2 heterocycles. The van der Waals surface area contributed by atoms with Gasteiger partial charge in [-0.3, -0.25) is 0 Å². The van der Waals surface area contributed by atoms with Gasteiger partial charge in [-0.25, -0.2) is 5.01 Å². The third-order valence-corrected chi connectivity index (χ3v) is 5.57. The molecular formula is C19H16BrN3OS. The Morgan fingerprint density at radius 1 is 1.12 bits per heavy atom. The maximum absolute atomic E-state index is 9.64. The minimum absolute atomic E-state index is 0.0357. The van der Waals surface area contributed by atoms with Gasteiger partial charge in [0.25, 0.3) is 0 Å².